The zero-order chi connectivity index (χ0) is 18.0. The number of anilines is 1. The summed E-state index contributed by atoms with van der Waals surface area (Å²) in [6, 6.07) is 9.39. The van der Waals surface area contributed by atoms with Crippen molar-refractivity contribution in [1.29, 1.82) is 0 Å². The molecule has 2 N–H and O–H groups in total. The van der Waals surface area contributed by atoms with E-state index >= 15 is 0 Å². The third-order valence-corrected chi connectivity index (χ3v) is 4.27. The highest BCUT2D eigenvalue weighted by molar-refractivity contribution is 9.10. The van der Waals surface area contributed by atoms with E-state index in [4.69, 9.17) is 0 Å². The maximum Gasteiger partial charge on any atom is 0.439 e. The molecule has 128 valence electrons. The first-order valence-corrected chi connectivity index (χ1v) is 8.23. The van der Waals surface area contributed by atoms with Gasteiger partial charge in [0.05, 0.1) is 11.3 Å². The molecule has 6 nitrogen and oxygen atoms in total. The number of hydrogen-bond acceptors (Lipinski definition) is 4. The number of amides is 1. The second-order valence-corrected chi connectivity index (χ2v) is 6.11. The summed E-state index contributed by atoms with van der Waals surface area (Å²) in [5.41, 5.74) is 1.91. The third-order valence-electron chi connectivity index (χ3n) is 3.61. The maximum atomic E-state index is 13.9. The summed E-state index contributed by atoms with van der Waals surface area (Å²) >= 11 is 3.34. The number of halogens is 2. The van der Waals surface area contributed by atoms with E-state index in [0.29, 0.717) is 22.1 Å². The average Bonchev–Trinajstić information content (AvgIpc) is 3.03. The van der Waals surface area contributed by atoms with Gasteiger partial charge < -0.3 is 5.32 Å². The van der Waals surface area contributed by atoms with Crippen LogP contribution in [-0.2, 0) is 6.42 Å². The zero-order valence-electron chi connectivity index (χ0n) is 13.1. The Morgan fingerprint density at radius 2 is 2.12 bits per heavy atom. The molecule has 3 aromatic rings. The molecule has 0 fully saturated rings. The summed E-state index contributed by atoms with van der Waals surface area (Å²) in [7, 11) is 0. The van der Waals surface area contributed by atoms with Crippen LogP contribution >= 0.6 is 15.9 Å². The molecule has 0 radical (unpaired) electrons. The number of rotatable bonds is 4. The highest BCUT2D eigenvalue weighted by Gasteiger charge is 2.15. The van der Waals surface area contributed by atoms with Crippen molar-refractivity contribution in [2.45, 2.75) is 13.3 Å². The van der Waals surface area contributed by atoms with Crippen molar-refractivity contribution in [1.82, 2.24) is 10.1 Å². The van der Waals surface area contributed by atoms with Crippen LogP contribution in [0.15, 0.2) is 50.2 Å². The number of aryl methyl sites for hydroxylation is 1. The van der Waals surface area contributed by atoms with Crippen LogP contribution in [0.2, 0.25) is 0 Å². The molecule has 8 heteroatoms. The van der Waals surface area contributed by atoms with Gasteiger partial charge in [-0.25, -0.2) is 9.18 Å². The Morgan fingerprint density at radius 3 is 2.76 bits per heavy atom. The molecule has 0 aliphatic heterocycles. The summed E-state index contributed by atoms with van der Waals surface area (Å²) < 4.78 is 18.9. The number of nitrogens with one attached hydrogen (secondary N) is 2. The van der Waals surface area contributed by atoms with Crippen LogP contribution in [0.1, 0.15) is 22.8 Å². The number of aromatic amines is 1. The predicted molar refractivity (Wildman–Crippen MR) is 94.0 cm³/mol. The van der Waals surface area contributed by atoms with Gasteiger partial charge >= 0.3 is 5.76 Å². The van der Waals surface area contributed by atoms with Crippen molar-refractivity contribution in [3.8, 4) is 11.4 Å². The average molecular weight is 406 g/mol. The van der Waals surface area contributed by atoms with E-state index in [-0.39, 0.29) is 11.4 Å². The Balaban J connectivity index is 1.86. The predicted octanol–water partition coefficient (Wildman–Crippen LogP) is 3.75. The van der Waals surface area contributed by atoms with Gasteiger partial charge in [0.25, 0.3) is 5.91 Å². The standard InChI is InChI=1S/C17H13BrFN3O3/c1-2-9-3-5-13(19)11(7-9)16(23)20-14-6-4-10(8-12(14)18)15-21-17(24)25-22-15/h3-8H,2H2,1H3,(H,20,23)(H,21,22,24). The molecule has 1 aromatic heterocycles. The van der Waals surface area contributed by atoms with Gasteiger partial charge in [0.1, 0.15) is 5.82 Å². The number of carbonyl (C=O) groups is 1. The van der Waals surface area contributed by atoms with Gasteiger partial charge in [-0.1, -0.05) is 18.1 Å². The summed E-state index contributed by atoms with van der Waals surface area (Å²) in [4.78, 5) is 25.8. The molecular formula is C17H13BrFN3O3. The van der Waals surface area contributed by atoms with Crippen molar-refractivity contribution in [3.63, 3.8) is 0 Å². The second-order valence-electron chi connectivity index (χ2n) is 5.26. The molecule has 0 unspecified atom stereocenters. The van der Waals surface area contributed by atoms with Gasteiger partial charge in [0.15, 0.2) is 5.82 Å². The molecule has 0 bridgehead atoms. The molecule has 3 rings (SSSR count). The van der Waals surface area contributed by atoms with Gasteiger partial charge in [-0.05, 0) is 58.2 Å². The molecule has 2 aromatic carbocycles. The Hall–Kier alpha value is -2.74. The second kappa shape index (κ2) is 7.02. The summed E-state index contributed by atoms with van der Waals surface area (Å²) in [5, 5.41) is 6.26. The lowest BCUT2D eigenvalue weighted by molar-refractivity contribution is 0.102. The molecule has 1 heterocycles. The highest BCUT2D eigenvalue weighted by Crippen LogP contribution is 2.28. The first-order valence-electron chi connectivity index (χ1n) is 7.43. The van der Waals surface area contributed by atoms with Crippen molar-refractivity contribution in [3.05, 3.63) is 68.4 Å². The summed E-state index contributed by atoms with van der Waals surface area (Å²) in [6.45, 7) is 1.93. The summed E-state index contributed by atoms with van der Waals surface area (Å²) in [5.74, 6) is -1.52. The highest BCUT2D eigenvalue weighted by atomic mass is 79.9. The fraction of sp³-hybridized carbons (Fsp3) is 0.118. The maximum absolute atomic E-state index is 13.9. The lowest BCUT2D eigenvalue weighted by Gasteiger charge is -2.10. The normalized spacial score (nSPS) is 10.7. The van der Waals surface area contributed by atoms with Crippen molar-refractivity contribution in [2.24, 2.45) is 0 Å². The van der Waals surface area contributed by atoms with Crippen LogP contribution in [0.25, 0.3) is 11.4 Å². The molecule has 0 saturated heterocycles. The van der Waals surface area contributed by atoms with Gasteiger partial charge in [-0.2, -0.15) is 0 Å². The van der Waals surface area contributed by atoms with Crippen LogP contribution in [0, 0.1) is 5.82 Å². The first kappa shape index (κ1) is 17.1. The Labute approximate surface area is 150 Å². The van der Waals surface area contributed by atoms with E-state index in [0.717, 1.165) is 5.56 Å². The van der Waals surface area contributed by atoms with Crippen molar-refractivity contribution < 1.29 is 13.7 Å². The topological polar surface area (TPSA) is 88.0 Å². The smallest absolute Gasteiger partial charge is 0.321 e. The number of carbonyl (C=O) groups excluding carboxylic acids is 1. The Bertz CT molecular complexity index is 997. The van der Waals surface area contributed by atoms with Gasteiger partial charge in [0.2, 0.25) is 0 Å². The van der Waals surface area contributed by atoms with Crippen LogP contribution in [0.4, 0.5) is 10.1 Å². The minimum atomic E-state index is -0.658. The van der Waals surface area contributed by atoms with Crippen LogP contribution in [0.3, 0.4) is 0 Å². The lowest BCUT2D eigenvalue weighted by Crippen LogP contribution is -2.14. The number of aromatic nitrogens is 2. The van der Waals surface area contributed by atoms with E-state index in [9.17, 15) is 14.0 Å². The van der Waals surface area contributed by atoms with E-state index in [2.05, 4.69) is 35.9 Å². The Kier molecular flexibility index (Phi) is 4.80. The first-order chi connectivity index (χ1) is 12.0. The molecular weight excluding hydrogens is 393 g/mol. The van der Waals surface area contributed by atoms with E-state index in [1.165, 1.54) is 12.1 Å². The van der Waals surface area contributed by atoms with E-state index < -0.39 is 17.5 Å². The van der Waals surface area contributed by atoms with Crippen molar-refractivity contribution in [2.75, 3.05) is 5.32 Å². The number of H-pyrrole nitrogens is 1. The minimum Gasteiger partial charge on any atom is -0.321 e. The molecule has 1 amide bonds. The SMILES string of the molecule is CCc1ccc(F)c(C(=O)Nc2ccc(-c3noc(=O)[nH]3)cc2Br)c1. The van der Waals surface area contributed by atoms with Crippen LogP contribution in [-0.4, -0.2) is 16.0 Å². The fourth-order valence-corrected chi connectivity index (χ4v) is 2.75. The van der Waals surface area contributed by atoms with E-state index in [1.807, 2.05) is 6.92 Å². The number of nitrogens with zero attached hydrogens (tertiary/aromatic N) is 1. The van der Waals surface area contributed by atoms with Gasteiger partial charge in [-0.3, -0.25) is 14.3 Å². The van der Waals surface area contributed by atoms with Crippen LogP contribution < -0.4 is 11.1 Å². The zero-order valence-corrected chi connectivity index (χ0v) is 14.7. The van der Waals surface area contributed by atoms with E-state index in [1.54, 1.807) is 24.3 Å². The largest absolute Gasteiger partial charge is 0.439 e. The molecule has 0 atom stereocenters. The molecule has 0 spiro atoms. The molecule has 0 aliphatic rings. The van der Waals surface area contributed by atoms with Gasteiger partial charge in [0, 0.05) is 10.0 Å². The number of hydrogen-bond donors (Lipinski definition) is 2. The minimum absolute atomic E-state index is 0.0174. The molecule has 25 heavy (non-hydrogen) atoms. The van der Waals surface area contributed by atoms with Crippen LogP contribution in [0.5, 0.6) is 0 Å². The number of benzene rings is 2. The molecule has 0 saturated carbocycles. The Morgan fingerprint density at radius 1 is 1.32 bits per heavy atom. The monoisotopic (exact) mass is 405 g/mol. The lowest BCUT2D eigenvalue weighted by atomic mass is 10.1. The van der Waals surface area contributed by atoms with Gasteiger partial charge in [-0.15, -0.1) is 0 Å². The van der Waals surface area contributed by atoms with Crippen molar-refractivity contribution >= 4 is 27.5 Å². The third kappa shape index (κ3) is 3.69. The molecule has 0 aliphatic carbocycles. The fourth-order valence-electron chi connectivity index (χ4n) is 2.27. The summed E-state index contributed by atoms with van der Waals surface area (Å²) in [6.07, 6.45) is 0.703. The quantitative estimate of drug-likeness (QED) is 0.691.